The summed E-state index contributed by atoms with van der Waals surface area (Å²) in [6, 6.07) is 0. The van der Waals surface area contributed by atoms with Crippen LogP contribution < -0.4 is 0 Å². The Balaban J connectivity index is 3.72. The normalized spacial score (nSPS) is 12.5. The summed E-state index contributed by atoms with van der Waals surface area (Å²) in [7, 11) is 2.77. The SMILES string of the molecule is CCCC/C=C\SP(=O)(OC)OC. The maximum Gasteiger partial charge on any atom is 0.392 e. The van der Waals surface area contributed by atoms with Crippen LogP contribution in [0.2, 0.25) is 0 Å². The van der Waals surface area contributed by atoms with Crippen molar-refractivity contribution in [1.29, 1.82) is 0 Å². The molecule has 0 aliphatic heterocycles. The lowest BCUT2D eigenvalue weighted by Crippen LogP contribution is -1.80. The smallest absolute Gasteiger partial charge is 0.304 e. The first-order chi connectivity index (χ1) is 6.18. The molecule has 0 aromatic carbocycles. The molecule has 78 valence electrons. The Morgan fingerprint density at radius 1 is 1.38 bits per heavy atom. The molecule has 0 rings (SSSR count). The molecule has 0 aromatic heterocycles. The fraction of sp³-hybridized carbons (Fsp3) is 0.750. The Morgan fingerprint density at radius 3 is 2.46 bits per heavy atom. The Kier molecular flexibility index (Phi) is 7.77. The summed E-state index contributed by atoms with van der Waals surface area (Å²) in [5, 5.41) is 1.78. The van der Waals surface area contributed by atoms with Gasteiger partial charge in [0.25, 0.3) is 0 Å². The fourth-order valence-electron chi connectivity index (χ4n) is 0.668. The molecule has 0 aliphatic carbocycles. The predicted octanol–water partition coefficient (Wildman–Crippen LogP) is 3.82. The molecule has 0 unspecified atom stereocenters. The molecule has 3 nitrogen and oxygen atoms in total. The van der Waals surface area contributed by atoms with Gasteiger partial charge in [-0.3, -0.25) is 0 Å². The van der Waals surface area contributed by atoms with Gasteiger partial charge in [-0.05, 0) is 23.2 Å². The third-order valence-corrected chi connectivity index (χ3v) is 4.96. The van der Waals surface area contributed by atoms with E-state index in [9.17, 15) is 4.57 Å². The van der Waals surface area contributed by atoms with Crippen LogP contribution in [-0.2, 0) is 13.6 Å². The van der Waals surface area contributed by atoms with Crippen LogP contribution in [0.15, 0.2) is 11.5 Å². The lowest BCUT2D eigenvalue weighted by atomic mass is 10.2. The molecule has 0 spiro atoms. The number of hydrogen-bond acceptors (Lipinski definition) is 4. The zero-order valence-electron chi connectivity index (χ0n) is 8.36. The summed E-state index contributed by atoms with van der Waals surface area (Å²) in [6.45, 7) is -0.765. The zero-order valence-corrected chi connectivity index (χ0v) is 10.1. The van der Waals surface area contributed by atoms with Crippen molar-refractivity contribution < 1.29 is 13.6 Å². The lowest BCUT2D eigenvalue weighted by molar-refractivity contribution is 0.295. The van der Waals surface area contributed by atoms with Gasteiger partial charge < -0.3 is 9.05 Å². The van der Waals surface area contributed by atoms with Gasteiger partial charge in [0, 0.05) is 14.2 Å². The highest BCUT2D eigenvalue weighted by molar-refractivity contribution is 8.56. The monoisotopic (exact) mass is 224 g/mol. The topological polar surface area (TPSA) is 35.5 Å². The van der Waals surface area contributed by atoms with Crippen molar-refractivity contribution in [1.82, 2.24) is 0 Å². The Morgan fingerprint density at radius 2 is 2.00 bits per heavy atom. The highest BCUT2D eigenvalue weighted by Gasteiger charge is 2.19. The summed E-state index contributed by atoms with van der Waals surface area (Å²) in [5.74, 6) is 0. The van der Waals surface area contributed by atoms with Crippen molar-refractivity contribution in [3.63, 3.8) is 0 Å². The van der Waals surface area contributed by atoms with Gasteiger partial charge in [0.05, 0.1) is 0 Å². The van der Waals surface area contributed by atoms with E-state index in [1.54, 1.807) is 5.41 Å². The van der Waals surface area contributed by atoms with E-state index in [1.807, 2.05) is 6.08 Å². The minimum atomic E-state index is -2.90. The first-order valence-corrected chi connectivity index (χ1v) is 7.26. The van der Waals surface area contributed by atoms with Gasteiger partial charge in [-0.1, -0.05) is 25.8 Å². The predicted molar refractivity (Wildman–Crippen MR) is 57.9 cm³/mol. The fourth-order valence-corrected chi connectivity index (χ4v) is 2.58. The average molecular weight is 224 g/mol. The molecule has 0 amide bonds. The Hall–Kier alpha value is 0.240. The molecule has 0 atom stereocenters. The maximum absolute atomic E-state index is 11.5. The van der Waals surface area contributed by atoms with Crippen molar-refractivity contribution in [2.75, 3.05) is 14.2 Å². The van der Waals surface area contributed by atoms with E-state index in [-0.39, 0.29) is 0 Å². The van der Waals surface area contributed by atoms with E-state index in [2.05, 4.69) is 6.92 Å². The molecule has 5 heteroatoms. The van der Waals surface area contributed by atoms with Crippen molar-refractivity contribution in [2.45, 2.75) is 26.2 Å². The maximum atomic E-state index is 11.5. The minimum absolute atomic E-state index is 1.01. The van der Waals surface area contributed by atoms with E-state index in [1.165, 1.54) is 20.6 Å². The number of allylic oxidation sites excluding steroid dienone is 1. The van der Waals surface area contributed by atoms with Crippen LogP contribution >= 0.6 is 18.2 Å². The second kappa shape index (κ2) is 7.63. The Labute approximate surface area is 84.2 Å². The Bertz CT molecular complexity index is 186. The van der Waals surface area contributed by atoms with Gasteiger partial charge >= 0.3 is 6.80 Å². The first kappa shape index (κ1) is 13.2. The van der Waals surface area contributed by atoms with Crippen LogP contribution in [0.3, 0.4) is 0 Å². The summed E-state index contributed by atoms with van der Waals surface area (Å²) in [4.78, 5) is 0. The third-order valence-electron chi connectivity index (χ3n) is 1.46. The van der Waals surface area contributed by atoms with Crippen LogP contribution in [0.25, 0.3) is 0 Å². The lowest BCUT2D eigenvalue weighted by Gasteiger charge is -2.08. The highest BCUT2D eigenvalue weighted by atomic mass is 32.7. The van der Waals surface area contributed by atoms with Crippen LogP contribution in [0, 0.1) is 0 Å². The molecule has 0 N–H and O–H groups in total. The van der Waals surface area contributed by atoms with Crippen molar-refractivity contribution in [3.8, 4) is 0 Å². The van der Waals surface area contributed by atoms with E-state index in [4.69, 9.17) is 9.05 Å². The molecule has 0 aliphatic rings. The minimum Gasteiger partial charge on any atom is -0.304 e. The van der Waals surface area contributed by atoms with Crippen molar-refractivity contribution in [2.24, 2.45) is 0 Å². The quantitative estimate of drug-likeness (QED) is 0.486. The molecule has 0 heterocycles. The standard InChI is InChI=1S/C8H17O3PS/c1-4-5-6-7-8-13-12(9,10-2)11-3/h7-8H,4-6H2,1-3H3/b8-7-. The summed E-state index contributed by atoms with van der Waals surface area (Å²) < 4.78 is 20.9. The summed E-state index contributed by atoms with van der Waals surface area (Å²) in [5.41, 5.74) is 0. The molecule has 0 aromatic rings. The zero-order chi connectivity index (χ0) is 10.2. The van der Waals surface area contributed by atoms with Crippen LogP contribution in [0.5, 0.6) is 0 Å². The average Bonchev–Trinajstić information content (AvgIpc) is 2.17. The third kappa shape index (κ3) is 6.33. The van der Waals surface area contributed by atoms with Crippen molar-refractivity contribution in [3.05, 3.63) is 11.5 Å². The van der Waals surface area contributed by atoms with E-state index < -0.39 is 6.80 Å². The van der Waals surface area contributed by atoms with Crippen LogP contribution in [0.1, 0.15) is 26.2 Å². The summed E-state index contributed by atoms with van der Waals surface area (Å²) in [6.07, 6.45) is 5.32. The van der Waals surface area contributed by atoms with E-state index in [0.717, 1.165) is 24.2 Å². The molecular weight excluding hydrogens is 207 g/mol. The summed E-state index contributed by atoms with van der Waals surface area (Å²) >= 11 is 1.10. The van der Waals surface area contributed by atoms with Gasteiger partial charge in [0.15, 0.2) is 0 Å². The molecule has 0 saturated heterocycles. The van der Waals surface area contributed by atoms with Gasteiger partial charge in [0.2, 0.25) is 0 Å². The van der Waals surface area contributed by atoms with E-state index in [0.29, 0.717) is 0 Å². The molecule has 13 heavy (non-hydrogen) atoms. The first-order valence-electron chi connectivity index (χ1n) is 4.23. The number of hydrogen-bond donors (Lipinski definition) is 0. The second-order valence-corrected chi connectivity index (χ2v) is 6.51. The van der Waals surface area contributed by atoms with Gasteiger partial charge in [-0.25, -0.2) is 4.57 Å². The van der Waals surface area contributed by atoms with Crippen molar-refractivity contribution >= 4 is 18.2 Å². The van der Waals surface area contributed by atoms with E-state index >= 15 is 0 Å². The molecular formula is C8H17O3PS. The number of rotatable bonds is 7. The number of unbranched alkanes of at least 4 members (excludes halogenated alkanes) is 2. The van der Waals surface area contributed by atoms with Gasteiger partial charge in [0.1, 0.15) is 0 Å². The molecule has 0 saturated carbocycles. The van der Waals surface area contributed by atoms with Crippen LogP contribution in [0.4, 0.5) is 0 Å². The van der Waals surface area contributed by atoms with Gasteiger partial charge in [-0.2, -0.15) is 0 Å². The van der Waals surface area contributed by atoms with Gasteiger partial charge in [-0.15, -0.1) is 0 Å². The largest absolute Gasteiger partial charge is 0.392 e. The highest BCUT2D eigenvalue weighted by Crippen LogP contribution is 2.59. The molecule has 0 bridgehead atoms. The molecule has 0 fully saturated rings. The van der Waals surface area contributed by atoms with Crippen LogP contribution in [-0.4, -0.2) is 14.2 Å². The molecule has 0 radical (unpaired) electrons. The second-order valence-electron chi connectivity index (χ2n) is 2.43.